The van der Waals surface area contributed by atoms with Crippen molar-refractivity contribution in [2.24, 2.45) is 0 Å². The van der Waals surface area contributed by atoms with Crippen molar-refractivity contribution in [1.82, 2.24) is 0 Å². The Balaban J connectivity index is 4.03. The van der Waals surface area contributed by atoms with Crippen molar-refractivity contribution >= 4 is 5.97 Å². The maximum Gasteiger partial charge on any atom is 0.303 e. The van der Waals surface area contributed by atoms with E-state index in [1.165, 1.54) is 5.57 Å². The van der Waals surface area contributed by atoms with Gasteiger partial charge in [0.15, 0.2) is 0 Å². The highest BCUT2D eigenvalue weighted by Gasteiger charge is 1.93. The molecule has 14 heavy (non-hydrogen) atoms. The second-order valence-corrected chi connectivity index (χ2v) is 3.38. The quantitative estimate of drug-likeness (QED) is 0.632. The standard InChI is InChI=1S/C12H20O2/c1-3-7-11(8-4-2)9-5-6-10-12(13)14/h5H,3-4,6-8,10H2,1-2H3,(H,13,14). The molecule has 0 amide bonds. The highest BCUT2D eigenvalue weighted by molar-refractivity contribution is 5.66. The molecule has 0 heterocycles. The van der Waals surface area contributed by atoms with Crippen LogP contribution in [0, 0.1) is 0 Å². The summed E-state index contributed by atoms with van der Waals surface area (Å²) in [6.07, 6.45) is 7.08. The van der Waals surface area contributed by atoms with E-state index in [0.717, 1.165) is 25.7 Å². The Hall–Kier alpha value is -1.01. The summed E-state index contributed by atoms with van der Waals surface area (Å²) in [4.78, 5) is 10.2. The molecule has 0 spiro atoms. The Morgan fingerprint density at radius 1 is 1.21 bits per heavy atom. The summed E-state index contributed by atoms with van der Waals surface area (Å²) in [5.41, 5.74) is 4.53. The molecular formula is C12H20O2. The number of hydrogen-bond acceptors (Lipinski definition) is 1. The van der Waals surface area contributed by atoms with Crippen LogP contribution in [0.1, 0.15) is 52.4 Å². The van der Waals surface area contributed by atoms with Crippen LogP contribution in [-0.4, -0.2) is 11.1 Å². The van der Waals surface area contributed by atoms with Crippen LogP contribution in [0.5, 0.6) is 0 Å². The fourth-order valence-corrected chi connectivity index (χ4v) is 1.29. The summed E-state index contributed by atoms with van der Waals surface area (Å²) in [7, 11) is 0. The molecule has 2 nitrogen and oxygen atoms in total. The Kier molecular flexibility index (Phi) is 7.96. The second kappa shape index (κ2) is 8.58. The minimum atomic E-state index is -0.740. The molecule has 80 valence electrons. The van der Waals surface area contributed by atoms with E-state index in [-0.39, 0.29) is 6.42 Å². The first-order valence-electron chi connectivity index (χ1n) is 5.35. The molecule has 1 N–H and O–H groups in total. The summed E-state index contributed by atoms with van der Waals surface area (Å²) in [5, 5.41) is 8.43. The van der Waals surface area contributed by atoms with Crippen LogP contribution >= 0.6 is 0 Å². The van der Waals surface area contributed by atoms with E-state index < -0.39 is 5.97 Å². The zero-order valence-corrected chi connectivity index (χ0v) is 9.18. The molecule has 0 bridgehead atoms. The molecule has 0 aromatic rings. The normalized spacial score (nSPS) is 9.29. The molecule has 0 aliphatic carbocycles. The van der Waals surface area contributed by atoms with Gasteiger partial charge in [-0.2, -0.15) is 0 Å². The average molecular weight is 196 g/mol. The van der Waals surface area contributed by atoms with Gasteiger partial charge in [0.1, 0.15) is 0 Å². The van der Waals surface area contributed by atoms with Gasteiger partial charge in [-0.1, -0.05) is 26.7 Å². The summed E-state index contributed by atoms with van der Waals surface area (Å²) in [6.45, 7) is 4.29. The van der Waals surface area contributed by atoms with Gasteiger partial charge in [0, 0.05) is 6.42 Å². The fraction of sp³-hybridized carbons (Fsp3) is 0.667. The number of hydrogen-bond donors (Lipinski definition) is 1. The molecule has 0 saturated heterocycles. The predicted molar refractivity (Wildman–Crippen MR) is 58.3 cm³/mol. The largest absolute Gasteiger partial charge is 0.481 e. The third kappa shape index (κ3) is 7.63. The van der Waals surface area contributed by atoms with Crippen LogP contribution in [0.3, 0.4) is 0 Å². The molecule has 0 aliphatic heterocycles. The van der Waals surface area contributed by atoms with E-state index in [9.17, 15) is 4.79 Å². The fourth-order valence-electron chi connectivity index (χ4n) is 1.29. The molecule has 0 aromatic carbocycles. The highest BCUT2D eigenvalue weighted by Crippen LogP contribution is 2.10. The summed E-state index contributed by atoms with van der Waals surface area (Å²) < 4.78 is 0. The lowest BCUT2D eigenvalue weighted by molar-refractivity contribution is -0.136. The zero-order valence-electron chi connectivity index (χ0n) is 9.18. The van der Waals surface area contributed by atoms with Gasteiger partial charge in [0.2, 0.25) is 0 Å². The van der Waals surface area contributed by atoms with Crippen LogP contribution in [0.15, 0.2) is 17.4 Å². The van der Waals surface area contributed by atoms with Crippen LogP contribution < -0.4 is 0 Å². The second-order valence-electron chi connectivity index (χ2n) is 3.38. The summed E-state index contributed by atoms with van der Waals surface area (Å²) in [6, 6.07) is 0. The molecule has 0 rings (SSSR count). The lowest BCUT2D eigenvalue weighted by Gasteiger charge is -1.98. The minimum Gasteiger partial charge on any atom is -0.481 e. The average Bonchev–Trinajstić information content (AvgIpc) is 2.12. The topological polar surface area (TPSA) is 37.3 Å². The van der Waals surface area contributed by atoms with Crippen molar-refractivity contribution < 1.29 is 9.90 Å². The summed E-state index contributed by atoms with van der Waals surface area (Å²) >= 11 is 0. The Morgan fingerprint density at radius 2 is 1.79 bits per heavy atom. The van der Waals surface area contributed by atoms with Gasteiger partial charge >= 0.3 is 5.97 Å². The maximum absolute atomic E-state index is 10.2. The third-order valence-corrected chi connectivity index (χ3v) is 1.91. The van der Waals surface area contributed by atoms with Gasteiger partial charge in [0.05, 0.1) is 0 Å². The minimum absolute atomic E-state index is 0.207. The Labute approximate surface area is 86.3 Å². The van der Waals surface area contributed by atoms with Crippen molar-refractivity contribution in [3.8, 4) is 0 Å². The van der Waals surface area contributed by atoms with Gasteiger partial charge in [-0.3, -0.25) is 4.79 Å². The van der Waals surface area contributed by atoms with Crippen molar-refractivity contribution in [2.75, 3.05) is 0 Å². The van der Waals surface area contributed by atoms with Crippen molar-refractivity contribution in [3.63, 3.8) is 0 Å². The number of aliphatic carboxylic acids is 1. The smallest absolute Gasteiger partial charge is 0.303 e. The Morgan fingerprint density at radius 3 is 2.21 bits per heavy atom. The number of carboxylic acid groups (broad SMARTS) is 1. The van der Waals surface area contributed by atoms with Crippen LogP contribution in [0.2, 0.25) is 0 Å². The van der Waals surface area contributed by atoms with E-state index in [1.54, 1.807) is 0 Å². The molecule has 0 radical (unpaired) electrons. The SMILES string of the molecule is CCCC(=C=CCCC(=O)O)CCC. The van der Waals surface area contributed by atoms with E-state index >= 15 is 0 Å². The van der Waals surface area contributed by atoms with Gasteiger partial charge in [0.25, 0.3) is 0 Å². The number of allylic oxidation sites excluding steroid dienone is 1. The highest BCUT2D eigenvalue weighted by atomic mass is 16.4. The van der Waals surface area contributed by atoms with E-state index in [1.807, 2.05) is 6.08 Å². The maximum atomic E-state index is 10.2. The van der Waals surface area contributed by atoms with E-state index in [0.29, 0.717) is 6.42 Å². The molecule has 0 saturated carbocycles. The van der Waals surface area contributed by atoms with Gasteiger partial charge in [-0.25, -0.2) is 0 Å². The lowest BCUT2D eigenvalue weighted by Crippen LogP contribution is -1.91. The van der Waals surface area contributed by atoms with Gasteiger partial charge in [-0.15, -0.1) is 5.73 Å². The molecule has 0 aromatic heterocycles. The Bertz CT molecular complexity index is 214. The monoisotopic (exact) mass is 196 g/mol. The predicted octanol–water partition coefficient (Wildman–Crippen LogP) is 3.53. The van der Waals surface area contributed by atoms with Gasteiger partial charge in [-0.05, 0) is 30.9 Å². The van der Waals surface area contributed by atoms with Crippen molar-refractivity contribution in [2.45, 2.75) is 52.4 Å². The van der Waals surface area contributed by atoms with Crippen molar-refractivity contribution in [3.05, 3.63) is 17.4 Å². The van der Waals surface area contributed by atoms with E-state index in [2.05, 4.69) is 19.6 Å². The molecule has 0 aliphatic rings. The third-order valence-electron chi connectivity index (χ3n) is 1.91. The van der Waals surface area contributed by atoms with Crippen LogP contribution in [0.4, 0.5) is 0 Å². The van der Waals surface area contributed by atoms with E-state index in [4.69, 9.17) is 5.11 Å². The summed E-state index contributed by atoms with van der Waals surface area (Å²) in [5.74, 6) is -0.740. The molecule has 2 heteroatoms. The molecular weight excluding hydrogens is 176 g/mol. The number of rotatable bonds is 7. The van der Waals surface area contributed by atoms with Crippen LogP contribution in [0.25, 0.3) is 0 Å². The molecule has 0 unspecified atom stereocenters. The first-order chi connectivity index (χ1) is 6.70. The first kappa shape index (κ1) is 13.0. The molecule has 0 fully saturated rings. The number of carbonyl (C=O) groups is 1. The first-order valence-corrected chi connectivity index (χ1v) is 5.35. The lowest BCUT2D eigenvalue weighted by atomic mass is 10.1. The molecule has 0 atom stereocenters. The van der Waals surface area contributed by atoms with Crippen molar-refractivity contribution in [1.29, 1.82) is 0 Å². The van der Waals surface area contributed by atoms with Gasteiger partial charge < -0.3 is 5.11 Å². The zero-order chi connectivity index (χ0) is 10.8. The number of carboxylic acids is 1. The van der Waals surface area contributed by atoms with Crippen LogP contribution in [-0.2, 0) is 4.79 Å².